The van der Waals surface area contributed by atoms with Gasteiger partial charge in [0.15, 0.2) is 0 Å². The Morgan fingerprint density at radius 1 is 1.42 bits per heavy atom. The maximum Gasteiger partial charge on any atom is 0.311 e. The van der Waals surface area contributed by atoms with Gasteiger partial charge in [0.1, 0.15) is 0 Å². The van der Waals surface area contributed by atoms with E-state index in [1.54, 1.807) is 0 Å². The van der Waals surface area contributed by atoms with E-state index >= 15 is 0 Å². The Morgan fingerprint density at radius 3 is 2.50 bits per heavy atom. The van der Waals surface area contributed by atoms with E-state index in [0.717, 1.165) is 25.2 Å². The van der Waals surface area contributed by atoms with Gasteiger partial charge in [0.2, 0.25) is 0 Å². The molecule has 0 saturated carbocycles. The number of hydrogen-bond acceptors (Lipinski definition) is 3. The number of ether oxygens (including phenoxy) is 1. The fourth-order valence-electron chi connectivity index (χ4n) is 1.56. The summed E-state index contributed by atoms with van der Waals surface area (Å²) in [5, 5.41) is 0. The molecule has 0 atom stereocenters. The Balaban J connectivity index is 2.41. The van der Waals surface area contributed by atoms with Crippen molar-refractivity contribution in [2.45, 2.75) is 19.3 Å². The fourth-order valence-corrected chi connectivity index (χ4v) is 4.34. The molecule has 1 rings (SSSR count). The van der Waals surface area contributed by atoms with E-state index in [4.69, 9.17) is 0 Å². The van der Waals surface area contributed by atoms with Crippen LogP contribution in [0, 0.1) is 0 Å². The quantitative estimate of drug-likeness (QED) is 0.528. The predicted molar refractivity (Wildman–Crippen MR) is 49.6 cm³/mol. The molecule has 0 aromatic rings. The van der Waals surface area contributed by atoms with Crippen LogP contribution in [-0.4, -0.2) is 36.5 Å². The Kier molecular flexibility index (Phi) is 3.48. The van der Waals surface area contributed by atoms with Crippen LogP contribution in [-0.2, 0) is 9.53 Å². The third-order valence-electron chi connectivity index (χ3n) is 2.30. The van der Waals surface area contributed by atoms with Gasteiger partial charge in [-0.2, -0.15) is 0 Å². The first-order valence-electron chi connectivity index (χ1n) is 4.32. The van der Waals surface area contributed by atoms with Crippen molar-refractivity contribution in [1.29, 1.82) is 0 Å². The minimum atomic E-state index is -1.91. The Bertz CT molecular complexity index is 164. The van der Waals surface area contributed by atoms with Gasteiger partial charge in [-0.15, -0.1) is 0 Å². The highest BCUT2D eigenvalue weighted by molar-refractivity contribution is 7.71. The van der Waals surface area contributed by atoms with E-state index < -0.39 is 7.49 Å². The summed E-state index contributed by atoms with van der Waals surface area (Å²) in [4.78, 5) is 20.9. The second-order valence-corrected chi connectivity index (χ2v) is 6.74. The van der Waals surface area contributed by atoms with E-state index in [9.17, 15) is 9.69 Å². The summed E-state index contributed by atoms with van der Waals surface area (Å²) in [6.07, 6.45) is 5.31. The number of carbonyl (C=O) groups excluding carboxylic acids is 1. The molecule has 4 heteroatoms. The van der Waals surface area contributed by atoms with Crippen LogP contribution in [0.25, 0.3) is 0 Å². The van der Waals surface area contributed by atoms with Crippen molar-refractivity contribution >= 4 is 13.5 Å². The molecule has 1 heterocycles. The molecule has 0 aliphatic carbocycles. The molecule has 0 spiro atoms. The third kappa shape index (κ3) is 2.72. The van der Waals surface area contributed by atoms with Crippen molar-refractivity contribution in [3.63, 3.8) is 0 Å². The zero-order valence-corrected chi connectivity index (χ0v) is 8.35. The molecule has 1 aliphatic rings. The number of hydrogen-bond donors (Lipinski definition) is 1. The molecule has 0 bridgehead atoms. The van der Waals surface area contributed by atoms with Crippen molar-refractivity contribution in [2.75, 3.05) is 25.6 Å². The fraction of sp³-hybridized carbons (Fsp3) is 0.875. The predicted octanol–water partition coefficient (Wildman–Crippen LogP) is 1.27. The molecule has 0 amide bonds. The second kappa shape index (κ2) is 4.20. The summed E-state index contributed by atoms with van der Waals surface area (Å²) < 4.78 is 4.55. The molecule has 0 aromatic heterocycles. The average molecular weight is 191 g/mol. The number of carbonyl (C=O) groups is 1. The summed E-state index contributed by atoms with van der Waals surface area (Å²) in [5.41, 5.74) is 0. The SMILES string of the molecule is COC(=O)C[P]1(O)CCCCC1. The lowest BCUT2D eigenvalue weighted by molar-refractivity contribution is -0.137. The minimum Gasteiger partial charge on any atom is -0.469 e. The van der Waals surface area contributed by atoms with E-state index in [1.807, 2.05) is 0 Å². The van der Waals surface area contributed by atoms with Gasteiger partial charge >= 0.3 is 5.97 Å². The molecule has 1 fully saturated rings. The first-order chi connectivity index (χ1) is 5.66. The highest BCUT2D eigenvalue weighted by atomic mass is 31.2. The largest absolute Gasteiger partial charge is 0.469 e. The lowest BCUT2D eigenvalue weighted by Crippen LogP contribution is -2.18. The van der Waals surface area contributed by atoms with Crippen molar-refractivity contribution in [3.8, 4) is 0 Å². The monoisotopic (exact) mass is 191 g/mol. The van der Waals surface area contributed by atoms with Gasteiger partial charge in [-0.05, 0) is 32.7 Å². The molecule has 1 N–H and O–H groups in total. The van der Waals surface area contributed by atoms with Gasteiger partial charge in [-0.1, -0.05) is 6.42 Å². The van der Waals surface area contributed by atoms with Gasteiger partial charge in [0, 0.05) is 0 Å². The molecule has 0 unspecified atom stereocenters. The van der Waals surface area contributed by atoms with Crippen LogP contribution in [0.2, 0.25) is 0 Å². The van der Waals surface area contributed by atoms with Crippen LogP contribution in [0.4, 0.5) is 0 Å². The van der Waals surface area contributed by atoms with Crippen LogP contribution in [0.15, 0.2) is 0 Å². The first-order valence-corrected chi connectivity index (χ1v) is 6.62. The van der Waals surface area contributed by atoms with Crippen LogP contribution in [0.3, 0.4) is 0 Å². The normalized spacial score (nSPS) is 21.8. The van der Waals surface area contributed by atoms with E-state index in [1.165, 1.54) is 13.5 Å². The van der Waals surface area contributed by atoms with Crippen LogP contribution in [0.1, 0.15) is 19.3 Å². The second-order valence-electron chi connectivity index (χ2n) is 3.34. The molecule has 1 saturated heterocycles. The number of esters is 1. The highest BCUT2D eigenvalue weighted by Gasteiger charge is 2.29. The number of methoxy groups -OCH3 is 1. The zero-order valence-electron chi connectivity index (χ0n) is 7.45. The molecule has 12 heavy (non-hydrogen) atoms. The van der Waals surface area contributed by atoms with Gasteiger partial charge in [-0.25, -0.2) is 0 Å². The van der Waals surface area contributed by atoms with E-state index in [0.29, 0.717) is 0 Å². The van der Waals surface area contributed by atoms with Gasteiger partial charge in [0.05, 0.1) is 13.3 Å². The van der Waals surface area contributed by atoms with Crippen molar-refractivity contribution in [1.82, 2.24) is 0 Å². The van der Waals surface area contributed by atoms with Crippen molar-refractivity contribution in [2.24, 2.45) is 0 Å². The molecular formula is C8H16O3P. The van der Waals surface area contributed by atoms with Crippen molar-refractivity contribution in [3.05, 3.63) is 0 Å². The molecular weight excluding hydrogens is 175 g/mol. The van der Waals surface area contributed by atoms with Crippen LogP contribution < -0.4 is 0 Å². The summed E-state index contributed by atoms with van der Waals surface area (Å²) in [6, 6.07) is 0. The Hall–Kier alpha value is -0.140. The van der Waals surface area contributed by atoms with E-state index in [2.05, 4.69) is 4.74 Å². The molecule has 1 radical (unpaired) electrons. The number of rotatable bonds is 2. The van der Waals surface area contributed by atoms with Gasteiger partial charge in [0.25, 0.3) is 0 Å². The molecule has 71 valence electrons. The topological polar surface area (TPSA) is 46.5 Å². The zero-order chi connectivity index (χ0) is 9.03. The van der Waals surface area contributed by atoms with Gasteiger partial charge < -0.3 is 9.63 Å². The van der Waals surface area contributed by atoms with Crippen molar-refractivity contribution < 1.29 is 14.4 Å². The molecule has 3 nitrogen and oxygen atoms in total. The van der Waals surface area contributed by atoms with Crippen LogP contribution >= 0.6 is 7.49 Å². The first kappa shape index (κ1) is 9.94. The summed E-state index contributed by atoms with van der Waals surface area (Å²) in [7, 11) is -0.537. The van der Waals surface area contributed by atoms with E-state index in [-0.39, 0.29) is 12.1 Å². The highest BCUT2D eigenvalue weighted by Crippen LogP contribution is 2.58. The molecule has 0 aromatic carbocycles. The maximum absolute atomic E-state index is 10.9. The third-order valence-corrected chi connectivity index (χ3v) is 5.44. The standard InChI is InChI=1S/C8H16O3P/c1-11-8(9)7-12(10)5-3-2-4-6-12/h10H,2-7H2,1H3. The summed E-state index contributed by atoms with van der Waals surface area (Å²) in [5.74, 6) is -0.257. The average Bonchev–Trinajstić information content (AvgIpc) is 2.05. The van der Waals surface area contributed by atoms with Crippen LogP contribution in [0.5, 0.6) is 0 Å². The summed E-state index contributed by atoms with van der Waals surface area (Å²) in [6.45, 7) is 0. The Morgan fingerprint density at radius 2 is 2.00 bits per heavy atom. The van der Waals surface area contributed by atoms with Gasteiger partial charge in [-0.3, -0.25) is 4.79 Å². The molecule has 1 aliphatic heterocycles. The maximum atomic E-state index is 10.9. The summed E-state index contributed by atoms with van der Waals surface area (Å²) >= 11 is 0. The lowest BCUT2D eigenvalue weighted by atomic mass is 10.3. The minimum absolute atomic E-state index is 0.257. The lowest BCUT2D eigenvalue weighted by Gasteiger charge is -2.32. The smallest absolute Gasteiger partial charge is 0.311 e. The Labute approximate surface area is 73.5 Å².